The molecular weight excluding hydrogens is 545 g/mol. The first kappa shape index (κ1) is 26.9. The molecule has 212 valence electrons. The summed E-state index contributed by atoms with van der Waals surface area (Å²) in [7, 11) is -1.95. The van der Waals surface area contributed by atoms with Gasteiger partial charge in [0.25, 0.3) is 0 Å². The van der Waals surface area contributed by atoms with E-state index in [0.29, 0.717) is 0 Å². The van der Waals surface area contributed by atoms with Gasteiger partial charge in [0.2, 0.25) is 0 Å². The van der Waals surface area contributed by atoms with Gasteiger partial charge in [0, 0.05) is 5.41 Å². The van der Waals surface area contributed by atoms with Gasteiger partial charge in [-0.3, -0.25) is 0 Å². The average molecular weight is 581 g/mol. The third-order valence-electron chi connectivity index (χ3n) is 10.2. The molecule has 44 heavy (non-hydrogen) atoms. The van der Waals surface area contributed by atoms with Crippen LogP contribution in [0.3, 0.4) is 0 Å². The van der Waals surface area contributed by atoms with Gasteiger partial charge in [-0.1, -0.05) is 183 Å². The van der Waals surface area contributed by atoms with Gasteiger partial charge in [-0.15, -0.1) is 0 Å². The molecule has 0 nitrogen and oxygen atoms in total. The Morgan fingerprint density at radius 2 is 0.864 bits per heavy atom. The molecule has 1 aliphatic rings. The van der Waals surface area contributed by atoms with Gasteiger partial charge in [0.05, 0.1) is 0 Å². The van der Waals surface area contributed by atoms with E-state index in [2.05, 4.69) is 173 Å². The van der Waals surface area contributed by atoms with E-state index >= 15 is 0 Å². The van der Waals surface area contributed by atoms with Crippen molar-refractivity contribution in [2.45, 2.75) is 32.4 Å². The first-order valence-electron chi connectivity index (χ1n) is 15.7. The lowest BCUT2D eigenvalue weighted by Crippen LogP contribution is -2.53. The highest BCUT2D eigenvalue weighted by molar-refractivity contribution is 7.00. The Bertz CT molecular complexity index is 2140. The highest BCUT2D eigenvalue weighted by atomic mass is 28.3. The second kappa shape index (κ2) is 9.91. The molecule has 0 aliphatic heterocycles. The molecule has 0 saturated carbocycles. The van der Waals surface area contributed by atoms with Gasteiger partial charge in [-0.05, 0) is 66.1 Å². The minimum atomic E-state index is -1.95. The van der Waals surface area contributed by atoms with E-state index in [4.69, 9.17) is 0 Å². The molecular formula is C43H36Si. The molecule has 7 aromatic rings. The van der Waals surface area contributed by atoms with Crippen LogP contribution in [0, 0.1) is 0 Å². The van der Waals surface area contributed by atoms with Crippen molar-refractivity contribution in [3.63, 3.8) is 0 Å². The molecule has 0 atom stereocenters. The zero-order valence-electron chi connectivity index (χ0n) is 25.9. The van der Waals surface area contributed by atoms with Crippen molar-refractivity contribution < 1.29 is 0 Å². The van der Waals surface area contributed by atoms with E-state index in [9.17, 15) is 0 Å². The minimum absolute atomic E-state index is 0.0182. The summed E-state index contributed by atoms with van der Waals surface area (Å²) < 4.78 is 0. The molecule has 0 amide bonds. The number of hydrogen-bond acceptors (Lipinski definition) is 0. The van der Waals surface area contributed by atoms with Crippen LogP contribution in [0.15, 0.2) is 146 Å². The predicted octanol–water partition coefficient (Wildman–Crippen LogP) is 10.5. The smallest absolute Gasteiger partial charge is 0.0622 e. The molecule has 0 saturated heterocycles. The molecule has 0 radical (unpaired) electrons. The van der Waals surface area contributed by atoms with Crippen LogP contribution in [0.1, 0.15) is 25.0 Å². The van der Waals surface area contributed by atoms with E-state index in [1.807, 2.05) is 0 Å². The molecule has 0 bridgehead atoms. The van der Waals surface area contributed by atoms with E-state index in [0.717, 1.165) is 0 Å². The van der Waals surface area contributed by atoms with Crippen molar-refractivity contribution in [3.05, 3.63) is 157 Å². The standard InChI is InChI=1S/C43H36Si/c1-43(2)39-21-13-12-16-33(39)34-27-26-32(28-40(34)43)44(3,4)31-24-22-30(23-25-31)42-37-19-10-8-17-35(37)41(29-14-6-5-7-15-29)36-18-9-11-20-38(36)42/h5-28H,1-4H3. The van der Waals surface area contributed by atoms with Gasteiger partial charge in [-0.2, -0.15) is 0 Å². The fourth-order valence-electron chi connectivity index (χ4n) is 7.67. The van der Waals surface area contributed by atoms with Gasteiger partial charge in [0.1, 0.15) is 8.07 Å². The predicted molar refractivity (Wildman–Crippen MR) is 193 cm³/mol. The molecule has 7 aromatic carbocycles. The lowest BCUT2D eigenvalue weighted by molar-refractivity contribution is 0.661. The van der Waals surface area contributed by atoms with Gasteiger partial charge >= 0.3 is 0 Å². The molecule has 1 heteroatoms. The molecule has 0 unspecified atom stereocenters. The van der Waals surface area contributed by atoms with Crippen molar-refractivity contribution in [2.75, 3.05) is 0 Å². The van der Waals surface area contributed by atoms with Crippen molar-refractivity contribution in [1.82, 2.24) is 0 Å². The fraction of sp³-hybridized carbons (Fsp3) is 0.116. The minimum Gasteiger partial charge on any atom is -0.0622 e. The quantitative estimate of drug-likeness (QED) is 0.143. The molecule has 0 fully saturated rings. The lowest BCUT2D eigenvalue weighted by atomic mass is 9.82. The maximum atomic E-state index is 2.53. The lowest BCUT2D eigenvalue weighted by Gasteiger charge is -2.27. The van der Waals surface area contributed by atoms with Crippen LogP contribution in [0.5, 0.6) is 0 Å². The van der Waals surface area contributed by atoms with E-state index in [1.165, 1.54) is 76.4 Å². The molecule has 0 heterocycles. The van der Waals surface area contributed by atoms with Gasteiger partial charge in [0.15, 0.2) is 0 Å². The average Bonchev–Trinajstić information content (AvgIpc) is 3.30. The van der Waals surface area contributed by atoms with Gasteiger partial charge < -0.3 is 0 Å². The van der Waals surface area contributed by atoms with E-state index in [-0.39, 0.29) is 5.41 Å². The Morgan fingerprint density at radius 1 is 0.409 bits per heavy atom. The van der Waals surface area contributed by atoms with Crippen LogP contribution in [-0.2, 0) is 5.41 Å². The third-order valence-corrected chi connectivity index (χ3v) is 13.7. The van der Waals surface area contributed by atoms with Gasteiger partial charge in [-0.25, -0.2) is 0 Å². The maximum Gasteiger partial charge on any atom is 0.112 e. The molecule has 0 aromatic heterocycles. The number of fused-ring (bicyclic) bond motifs is 5. The fourth-order valence-corrected chi connectivity index (χ4v) is 10.0. The molecule has 0 spiro atoms. The number of rotatable bonds is 4. The monoisotopic (exact) mass is 580 g/mol. The normalized spacial score (nSPS) is 13.6. The summed E-state index contributed by atoms with van der Waals surface area (Å²) in [5.74, 6) is 0. The van der Waals surface area contributed by atoms with Crippen molar-refractivity contribution in [1.29, 1.82) is 0 Å². The zero-order valence-corrected chi connectivity index (χ0v) is 26.9. The summed E-state index contributed by atoms with van der Waals surface area (Å²) in [6, 6.07) is 54.5. The van der Waals surface area contributed by atoms with Crippen molar-refractivity contribution >= 4 is 40.0 Å². The summed E-state index contributed by atoms with van der Waals surface area (Å²) in [4.78, 5) is 0. The third kappa shape index (κ3) is 3.96. The van der Waals surface area contributed by atoms with Crippen LogP contribution in [0.4, 0.5) is 0 Å². The molecule has 1 aliphatic carbocycles. The highest BCUT2D eigenvalue weighted by Gasteiger charge is 2.37. The van der Waals surface area contributed by atoms with Crippen LogP contribution >= 0.6 is 0 Å². The van der Waals surface area contributed by atoms with Crippen molar-refractivity contribution in [2.24, 2.45) is 0 Å². The summed E-state index contributed by atoms with van der Waals surface area (Å²) >= 11 is 0. The Labute approximate surface area is 261 Å². The Hall–Kier alpha value is -4.72. The second-order valence-electron chi connectivity index (χ2n) is 13.3. The summed E-state index contributed by atoms with van der Waals surface area (Å²) in [5.41, 5.74) is 10.9. The van der Waals surface area contributed by atoms with Crippen LogP contribution < -0.4 is 10.4 Å². The molecule has 8 rings (SSSR count). The first-order chi connectivity index (χ1) is 21.4. The summed E-state index contributed by atoms with van der Waals surface area (Å²) in [5, 5.41) is 8.15. The van der Waals surface area contributed by atoms with Crippen LogP contribution in [0.25, 0.3) is 54.9 Å². The SMILES string of the molecule is CC1(C)c2ccccc2-c2ccc([Si](C)(C)c3ccc(-c4c5ccccc5c(-c5ccccc5)c5ccccc45)cc3)cc21. The maximum absolute atomic E-state index is 2.53. The Balaban J connectivity index is 1.24. The van der Waals surface area contributed by atoms with Crippen LogP contribution in [-0.4, -0.2) is 8.07 Å². The topological polar surface area (TPSA) is 0 Å². The van der Waals surface area contributed by atoms with E-state index < -0.39 is 8.07 Å². The summed E-state index contributed by atoms with van der Waals surface area (Å²) in [6.45, 7) is 9.75. The molecule has 0 N–H and O–H groups in total. The highest BCUT2D eigenvalue weighted by Crippen LogP contribution is 2.48. The van der Waals surface area contributed by atoms with E-state index in [1.54, 1.807) is 0 Å². The summed E-state index contributed by atoms with van der Waals surface area (Å²) in [6.07, 6.45) is 0. The number of benzene rings is 7. The second-order valence-corrected chi connectivity index (χ2v) is 17.7. The van der Waals surface area contributed by atoms with Crippen LogP contribution in [0.2, 0.25) is 13.1 Å². The Morgan fingerprint density at radius 3 is 1.45 bits per heavy atom. The first-order valence-corrected chi connectivity index (χ1v) is 18.7. The number of hydrogen-bond donors (Lipinski definition) is 0. The zero-order chi connectivity index (χ0) is 30.1. The Kier molecular flexibility index (Phi) is 6.05. The van der Waals surface area contributed by atoms with Crippen molar-refractivity contribution in [3.8, 4) is 33.4 Å². The largest absolute Gasteiger partial charge is 0.112 e.